The lowest BCUT2D eigenvalue weighted by atomic mass is 10.1. The second-order valence-electron chi connectivity index (χ2n) is 5.62. The number of nitro groups is 1. The number of halogens is 1. The molecule has 0 unspecified atom stereocenters. The molecule has 7 nitrogen and oxygen atoms in total. The van der Waals surface area contributed by atoms with E-state index in [2.05, 4.69) is 17.0 Å². The molecule has 1 aromatic carbocycles. The van der Waals surface area contributed by atoms with Crippen LogP contribution in [0.2, 0.25) is 5.02 Å². The van der Waals surface area contributed by atoms with Crippen LogP contribution in [0.25, 0.3) is 11.3 Å². The second-order valence-corrected chi connectivity index (χ2v) is 6.03. The normalized spacial score (nSPS) is 16.0. The van der Waals surface area contributed by atoms with E-state index in [1.807, 2.05) is 5.01 Å². The van der Waals surface area contributed by atoms with Gasteiger partial charge in [0.15, 0.2) is 0 Å². The summed E-state index contributed by atoms with van der Waals surface area (Å²) in [4.78, 5) is 12.5. The highest BCUT2D eigenvalue weighted by Crippen LogP contribution is 2.32. The minimum absolute atomic E-state index is 0.0489. The van der Waals surface area contributed by atoms with E-state index in [4.69, 9.17) is 16.0 Å². The summed E-state index contributed by atoms with van der Waals surface area (Å²) in [6.45, 7) is 3.74. The summed E-state index contributed by atoms with van der Waals surface area (Å²) in [6, 6.07) is 7.88. The third kappa shape index (κ3) is 3.74. The molecule has 0 aliphatic carbocycles. The number of hydrogen-bond donors (Lipinski definition) is 0. The van der Waals surface area contributed by atoms with Gasteiger partial charge in [-0.05, 0) is 25.2 Å². The average molecular weight is 349 g/mol. The van der Waals surface area contributed by atoms with Crippen LogP contribution in [0.1, 0.15) is 5.76 Å². The molecule has 8 heteroatoms. The predicted molar refractivity (Wildman–Crippen MR) is 92.5 cm³/mol. The zero-order chi connectivity index (χ0) is 17.1. The first kappa shape index (κ1) is 16.5. The van der Waals surface area contributed by atoms with Crippen LogP contribution < -0.4 is 0 Å². The molecule has 0 atom stereocenters. The predicted octanol–water partition coefficient (Wildman–Crippen LogP) is 3.09. The number of nitro benzene ring substituents is 1. The van der Waals surface area contributed by atoms with Gasteiger partial charge in [0.05, 0.1) is 16.2 Å². The number of benzene rings is 1. The first-order valence-electron chi connectivity index (χ1n) is 7.54. The molecule has 24 heavy (non-hydrogen) atoms. The number of furan rings is 1. The fourth-order valence-electron chi connectivity index (χ4n) is 2.43. The van der Waals surface area contributed by atoms with Gasteiger partial charge in [0, 0.05) is 43.9 Å². The molecular weight excluding hydrogens is 332 g/mol. The van der Waals surface area contributed by atoms with E-state index in [0.717, 1.165) is 26.2 Å². The van der Waals surface area contributed by atoms with Crippen molar-refractivity contribution < 1.29 is 9.34 Å². The summed E-state index contributed by atoms with van der Waals surface area (Å²) in [5.74, 6) is 1.16. The average Bonchev–Trinajstić information content (AvgIpc) is 3.03. The van der Waals surface area contributed by atoms with E-state index >= 15 is 0 Å². The summed E-state index contributed by atoms with van der Waals surface area (Å²) in [6.07, 6.45) is 1.67. The Morgan fingerprint density at radius 2 is 2.00 bits per heavy atom. The van der Waals surface area contributed by atoms with Crippen molar-refractivity contribution in [3.05, 3.63) is 51.2 Å². The molecule has 0 N–H and O–H groups in total. The van der Waals surface area contributed by atoms with Crippen molar-refractivity contribution in [1.29, 1.82) is 0 Å². The topological polar surface area (TPSA) is 75.1 Å². The van der Waals surface area contributed by atoms with Crippen LogP contribution in [0, 0.1) is 10.1 Å². The first-order chi connectivity index (χ1) is 11.5. The smallest absolute Gasteiger partial charge is 0.270 e. The lowest BCUT2D eigenvalue weighted by Gasteiger charge is -2.30. The summed E-state index contributed by atoms with van der Waals surface area (Å²) in [5.41, 5.74) is 0.564. The van der Waals surface area contributed by atoms with Gasteiger partial charge in [0.25, 0.3) is 5.69 Å². The van der Waals surface area contributed by atoms with Gasteiger partial charge in [0.1, 0.15) is 11.5 Å². The Morgan fingerprint density at radius 3 is 2.67 bits per heavy atom. The van der Waals surface area contributed by atoms with Gasteiger partial charge in [-0.15, -0.1) is 0 Å². The Hall–Kier alpha value is -2.38. The van der Waals surface area contributed by atoms with Crippen molar-refractivity contribution in [2.45, 2.75) is 0 Å². The molecular formula is C16H17ClN4O3. The van der Waals surface area contributed by atoms with Crippen LogP contribution in [0.15, 0.2) is 39.9 Å². The molecule has 0 bridgehead atoms. The maximum Gasteiger partial charge on any atom is 0.270 e. The number of piperazine rings is 1. The zero-order valence-corrected chi connectivity index (χ0v) is 13.9. The minimum Gasteiger partial charge on any atom is -0.455 e. The highest BCUT2D eigenvalue weighted by atomic mass is 35.5. The van der Waals surface area contributed by atoms with Gasteiger partial charge in [-0.1, -0.05) is 11.6 Å². The maximum atomic E-state index is 10.8. The van der Waals surface area contributed by atoms with Gasteiger partial charge in [-0.2, -0.15) is 5.10 Å². The molecule has 2 aromatic rings. The molecule has 0 amide bonds. The van der Waals surface area contributed by atoms with Crippen LogP contribution in [0.4, 0.5) is 5.69 Å². The van der Waals surface area contributed by atoms with Gasteiger partial charge in [0.2, 0.25) is 0 Å². The van der Waals surface area contributed by atoms with Crippen LogP contribution in [-0.4, -0.2) is 54.3 Å². The largest absolute Gasteiger partial charge is 0.455 e. The Morgan fingerprint density at radius 1 is 1.25 bits per heavy atom. The lowest BCUT2D eigenvalue weighted by molar-refractivity contribution is -0.384. The zero-order valence-electron chi connectivity index (χ0n) is 13.2. The van der Waals surface area contributed by atoms with Gasteiger partial charge < -0.3 is 9.32 Å². The molecule has 0 spiro atoms. The van der Waals surface area contributed by atoms with Crippen molar-refractivity contribution in [1.82, 2.24) is 9.91 Å². The molecule has 1 aliphatic rings. The van der Waals surface area contributed by atoms with Crippen LogP contribution in [0.5, 0.6) is 0 Å². The first-order valence-corrected chi connectivity index (χ1v) is 7.92. The highest BCUT2D eigenvalue weighted by Gasteiger charge is 2.14. The van der Waals surface area contributed by atoms with Crippen molar-refractivity contribution in [2.24, 2.45) is 5.10 Å². The summed E-state index contributed by atoms with van der Waals surface area (Å²) in [7, 11) is 2.09. The van der Waals surface area contributed by atoms with E-state index in [9.17, 15) is 10.1 Å². The number of hydrogen-bond acceptors (Lipinski definition) is 6. The van der Waals surface area contributed by atoms with E-state index in [0.29, 0.717) is 17.1 Å². The van der Waals surface area contributed by atoms with Crippen LogP contribution >= 0.6 is 11.6 Å². The molecule has 0 radical (unpaired) electrons. The number of nitrogens with zero attached hydrogens (tertiary/aromatic N) is 4. The lowest BCUT2D eigenvalue weighted by Crippen LogP contribution is -2.41. The van der Waals surface area contributed by atoms with E-state index in [-0.39, 0.29) is 10.7 Å². The van der Waals surface area contributed by atoms with Crippen molar-refractivity contribution in [2.75, 3.05) is 33.2 Å². The van der Waals surface area contributed by atoms with Gasteiger partial charge >= 0.3 is 0 Å². The summed E-state index contributed by atoms with van der Waals surface area (Å²) < 4.78 is 5.72. The Labute approximate surface area is 144 Å². The third-order valence-corrected chi connectivity index (χ3v) is 4.20. The maximum absolute atomic E-state index is 10.8. The molecule has 1 saturated heterocycles. The number of rotatable bonds is 4. The van der Waals surface area contributed by atoms with Gasteiger partial charge in [-0.3, -0.25) is 15.1 Å². The fourth-order valence-corrected chi connectivity index (χ4v) is 2.70. The highest BCUT2D eigenvalue weighted by molar-refractivity contribution is 6.33. The number of hydrazone groups is 1. The fraction of sp³-hybridized carbons (Fsp3) is 0.312. The third-order valence-electron chi connectivity index (χ3n) is 3.88. The van der Waals surface area contributed by atoms with Crippen molar-refractivity contribution in [3.63, 3.8) is 0 Å². The van der Waals surface area contributed by atoms with E-state index < -0.39 is 4.92 Å². The number of likely N-dealkylation sites (N-methyl/N-ethyl adjacent to an activating group) is 1. The molecule has 2 heterocycles. The SMILES string of the molecule is CN1CCN(N=Cc2ccc(-c3ccc([N+](=O)[O-])cc3Cl)o2)CC1. The standard InChI is InChI=1S/C16H17ClN4O3/c1-19-6-8-20(9-7-19)18-11-13-3-5-16(24-13)14-4-2-12(21(22)23)10-15(14)17/h2-5,10-11H,6-9H2,1H3. The Balaban J connectivity index is 1.72. The van der Waals surface area contributed by atoms with E-state index in [1.165, 1.54) is 12.1 Å². The van der Waals surface area contributed by atoms with Gasteiger partial charge in [-0.25, -0.2) is 0 Å². The Kier molecular flexibility index (Phi) is 4.82. The summed E-state index contributed by atoms with van der Waals surface area (Å²) >= 11 is 6.12. The number of non-ortho nitro benzene ring substituents is 1. The van der Waals surface area contributed by atoms with Crippen molar-refractivity contribution in [3.8, 4) is 11.3 Å². The quantitative estimate of drug-likeness (QED) is 0.482. The molecule has 1 aliphatic heterocycles. The molecule has 126 valence electrons. The van der Waals surface area contributed by atoms with Crippen LogP contribution in [-0.2, 0) is 0 Å². The molecule has 1 aromatic heterocycles. The molecule has 0 saturated carbocycles. The Bertz CT molecular complexity index is 766. The molecule has 1 fully saturated rings. The van der Waals surface area contributed by atoms with E-state index in [1.54, 1.807) is 24.4 Å². The minimum atomic E-state index is -0.480. The van der Waals surface area contributed by atoms with Crippen molar-refractivity contribution >= 4 is 23.5 Å². The summed E-state index contributed by atoms with van der Waals surface area (Å²) in [5, 5.41) is 17.5. The van der Waals surface area contributed by atoms with Crippen LogP contribution in [0.3, 0.4) is 0 Å². The second kappa shape index (κ2) is 7.02. The monoisotopic (exact) mass is 348 g/mol. The molecule has 3 rings (SSSR count).